The molecule has 1 rings (SSSR count). The molecular weight excluding hydrogens is 152 g/mol. The second-order valence-corrected chi connectivity index (χ2v) is 5.30. The second-order valence-electron chi connectivity index (χ2n) is 2.93. The molecule has 0 spiro atoms. The number of aryl methyl sites for hydroxylation is 1. The second kappa shape index (κ2) is 4.45. The van der Waals surface area contributed by atoms with Crippen LogP contribution in [0, 0.1) is 0 Å². The van der Waals surface area contributed by atoms with Gasteiger partial charge in [0.2, 0.25) is 0 Å². The molecule has 0 saturated carbocycles. The van der Waals surface area contributed by atoms with Crippen molar-refractivity contribution in [2.75, 3.05) is 18.3 Å². The SMILES string of the molecule is C[S+](C)CCc1ccccc1. The van der Waals surface area contributed by atoms with E-state index >= 15 is 0 Å². The van der Waals surface area contributed by atoms with E-state index in [9.17, 15) is 0 Å². The van der Waals surface area contributed by atoms with Crippen LogP contribution in [0.4, 0.5) is 0 Å². The van der Waals surface area contributed by atoms with Crippen LogP contribution in [0.5, 0.6) is 0 Å². The largest absolute Gasteiger partial charge is 0.111 e. The molecule has 0 radical (unpaired) electrons. The summed E-state index contributed by atoms with van der Waals surface area (Å²) in [6, 6.07) is 10.7. The fourth-order valence-corrected chi connectivity index (χ4v) is 1.61. The third-order valence-electron chi connectivity index (χ3n) is 1.64. The minimum Gasteiger partial charge on any atom is -0.0622 e. The predicted octanol–water partition coefficient (Wildman–Crippen LogP) is 2.11. The number of rotatable bonds is 3. The smallest absolute Gasteiger partial charge is 0.0622 e. The van der Waals surface area contributed by atoms with E-state index in [4.69, 9.17) is 0 Å². The Morgan fingerprint density at radius 3 is 2.27 bits per heavy atom. The standard InChI is InChI=1S/C10H15S/c1-11(2)9-8-10-6-4-3-5-7-10/h3-7H,8-9H2,1-2H3/q+1. The third-order valence-corrected chi connectivity index (χ3v) is 2.66. The highest BCUT2D eigenvalue weighted by atomic mass is 32.2. The summed E-state index contributed by atoms with van der Waals surface area (Å²) in [7, 11) is 0.584. The van der Waals surface area contributed by atoms with Gasteiger partial charge >= 0.3 is 0 Å². The highest BCUT2D eigenvalue weighted by molar-refractivity contribution is 7.95. The fraction of sp³-hybridized carbons (Fsp3) is 0.400. The lowest BCUT2D eigenvalue weighted by molar-refractivity contribution is 1.15. The van der Waals surface area contributed by atoms with Crippen LogP contribution in [-0.4, -0.2) is 18.3 Å². The lowest BCUT2D eigenvalue weighted by atomic mass is 10.2. The van der Waals surface area contributed by atoms with Crippen molar-refractivity contribution >= 4 is 10.9 Å². The highest BCUT2D eigenvalue weighted by Crippen LogP contribution is 2.00. The molecule has 0 aliphatic rings. The lowest BCUT2D eigenvalue weighted by Gasteiger charge is -1.97. The Bertz CT molecular complexity index is 191. The van der Waals surface area contributed by atoms with Gasteiger partial charge in [-0.1, -0.05) is 30.3 Å². The average molecular weight is 167 g/mol. The molecule has 0 amide bonds. The zero-order valence-corrected chi connectivity index (χ0v) is 8.03. The fourth-order valence-electron chi connectivity index (χ4n) is 0.967. The van der Waals surface area contributed by atoms with Crippen LogP contribution >= 0.6 is 0 Å². The van der Waals surface area contributed by atoms with E-state index in [-0.39, 0.29) is 0 Å². The maximum atomic E-state index is 2.29. The van der Waals surface area contributed by atoms with Crippen molar-refractivity contribution in [2.45, 2.75) is 6.42 Å². The summed E-state index contributed by atoms with van der Waals surface area (Å²) in [4.78, 5) is 0. The number of benzene rings is 1. The molecule has 0 saturated heterocycles. The van der Waals surface area contributed by atoms with Gasteiger partial charge in [0.15, 0.2) is 0 Å². The van der Waals surface area contributed by atoms with Crippen molar-refractivity contribution in [3.05, 3.63) is 35.9 Å². The molecule has 0 N–H and O–H groups in total. The maximum Gasteiger partial charge on any atom is 0.111 e. The van der Waals surface area contributed by atoms with Gasteiger partial charge in [0.1, 0.15) is 5.75 Å². The Balaban J connectivity index is 2.39. The maximum absolute atomic E-state index is 2.29. The summed E-state index contributed by atoms with van der Waals surface area (Å²) in [5, 5.41) is 0. The minimum atomic E-state index is 0.584. The summed E-state index contributed by atoms with van der Waals surface area (Å²) in [5.41, 5.74) is 1.47. The Kier molecular flexibility index (Phi) is 3.50. The van der Waals surface area contributed by atoms with Crippen LogP contribution in [0.3, 0.4) is 0 Å². The molecule has 1 aromatic rings. The third kappa shape index (κ3) is 3.47. The van der Waals surface area contributed by atoms with Crippen molar-refractivity contribution in [3.63, 3.8) is 0 Å². The first-order valence-corrected chi connectivity index (χ1v) is 6.08. The minimum absolute atomic E-state index is 0.584. The summed E-state index contributed by atoms with van der Waals surface area (Å²) in [6.45, 7) is 0. The predicted molar refractivity (Wildman–Crippen MR) is 54.2 cm³/mol. The molecule has 0 aromatic heterocycles. The quantitative estimate of drug-likeness (QED) is 0.605. The number of hydrogen-bond acceptors (Lipinski definition) is 0. The summed E-state index contributed by atoms with van der Waals surface area (Å²) < 4.78 is 0. The summed E-state index contributed by atoms with van der Waals surface area (Å²) in [5.74, 6) is 1.32. The molecular formula is C10H15S+. The first-order chi connectivity index (χ1) is 5.29. The van der Waals surface area contributed by atoms with Crippen LogP contribution in [0.15, 0.2) is 30.3 Å². The van der Waals surface area contributed by atoms with Gasteiger partial charge in [-0.05, 0) is 16.5 Å². The zero-order chi connectivity index (χ0) is 8.10. The van der Waals surface area contributed by atoms with E-state index in [1.54, 1.807) is 0 Å². The first-order valence-electron chi connectivity index (χ1n) is 3.87. The molecule has 0 atom stereocenters. The van der Waals surface area contributed by atoms with Crippen molar-refractivity contribution in [1.82, 2.24) is 0 Å². The molecule has 0 bridgehead atoms. The lowest BCUT2D eigenvalue weighted by Crippen LogP contribution is -2.04. The van der Waals surface area contributed by atoms with Gasteiger partial charge in [0, 0.05) is 6.42 Å². The monoisotopic (exact) mass is 167 g/mol. The van der Waals surface area contributed by atoms with Crippen LogP contribution < -0.4 is 0 Å². The van der Waals surface area contributed by atoms with Crippen molar-refractivity contribution in [2.24, 2.45) is 0 Å². The van der Waals surface area contributed by atoms with E-state index in [1.807, 2.05) is 0 Å². The van der Waals surface area contributed by atoms with E-state index in [1.165, 1.54) is 17.7 Å². The average Bonchev–Trinajstić information content (AvgIpc) is 2.03. The molecule has 60 valence electrons. The van der Waals surface area contributed by atoms with Crippen LogP contribution in [0.25, 0.3) is 0 Å². The van der Waals surface area contributed by atoms with Crippen LogP contribution in [-0.2, 0) is 17.3 Å². The summed E-state index contributed by atoms with van der Waals surface area (Å²) in [6.07, 6.45) is 5.82. The molecule has 0 nitrogen and oxygen atoms in total. The highest BCUT2D eigenvalue weighted by Gasteiger charge is 2.01. The molecule has 0 aliphatic carbocycles. The van der Waals surface area contributed by atoms with Gasteiger partial charge in [0.05, 0.1) is 12.5 Å². The van der Waals surface area contributed by atoms with E-state index < -0.39 is 0 Å². The molecule has 11 heavy (non-hydrogen) atoms. The zero-order valence-electron chi connectivity index (χ0n) is 7.21. The van der Waals surface area contributed by atoms with E-state index in [0.29, 0.717) is 10.9 Å². The van der Waals surface area contributed by atoms with Crippen molar-refractivity contribution in [1.29, 1.82) is 0 Å². The van der Waals surface area contributed by atoms with Crippen molar-refractivity contribution < 1.29 is 0 Å². The molecule has 0 unspecified atom stereocenters. The Hall–Kier alpha value is -0.430. The summed E-state index contributed by atoms with van der Waals surface area (Å²) >= 11 is 0. The van der Waals surface area contributed by atoms with E-state index in [2.05, 4.69) is 42.8 Å². The van der Waals surface area contributed by atoms with Crippen LogP contribution in [0.1, 0.15) is 5.56 Å². The van der Waals surface area contributed by atoms with E-state index in [0.717, 1.165) is 0 Å². The molecule has 0 fully saturated rings. The Labute approximate surface area is 72.0 Å². The Morgan fingerprint density at radius 1 is 1.09 bits per heavy atom. The van der Waals surface area contributed by atoms with Gasteiger partial charge < -0.3 is 0 Å². The Morgan fingerprint density at radius 2 is 1.73 bits per heavy atom. The van der Waals surface area contributed by atoms with Gasteiger partial charge in [0.25, 0.3) is 0 Å². The molecule has 0 aliphatic heterocycles. The van der Waals surface area contributed by atoms with Gasteiger partial charge in [-0.3, -0.25) is 0 Å². The molecule has 1 heteroatoms. The first kappa shape index (κ1) is 8.66. The van der Waals surface area contributed by atoms with Crippen molar-refractivity contribution in [3.8, 4) is 0 Å². The normalized spacial score (nSPS) is 10.5. The topological polar surface area (TPSA) is 0 Å². The molecule has 0 heterocycles. The molecule has 1 aromatic carbocycles. The van der Waals surface area contributed by atoms with Gasteiger partial charge in [-0.15, -0.1) is 0 Å². The number of hydrogen-bond donors (Lipinski definition) is 0. The van der Waals surface area contributed by atoms with Gasteiger partial charge in [-0.25, -0.2) is 0 Å². The van der Waals surface area contributed by atoms with Crippen LogP contribution in [0.2, 0.25) is 0 Å². The van der Waals surface area contributed by atoms with Gasteiger partial charge in [-0.2, -0.15) is 0 Å².